The normalized spacial score (nSPS) is 33.0. The number of hydrogen-bond acceptors (Lipinski definition) is 3. The van der Waals surface area contributed by atoms with Crippen LogP contribution in [0.25, 0.3) is 0 Å². The van der Waals surface area contributed by atoms with Gasteiger partial charge >= 0.3 is 0 Å². The van der Waals surface area contributed by atoms with Crippen LogP contribution in [0, 0.1) is 5.92 Å². The summed E-state index contributed by atoms with van der Waals surface area (Å²) in [5.74, 6) is 1.28. The van der Waals surface area contributed by atoms with Crippen LogP contribution in [0.15, 0.2) is 24.3 Å². The molecule has 22 heavy (non-hydrogen) atoms. The Balaban J connectivity index is 2.08. The lowest BCUT2D eigenvalue weighted by Gasteiger charge is -2.42. The highest BCUT2D eigenvalue weighted by atomic mass is 16.5. The SMILES string of the molecule is C=C(C)C1CC[C@](C)(O)C2Oc3cc(CCC)cc(O)c3C12. The lowest BCUT2D eigenvalue weighted by molar-refractivity contribution is -0.0824. The first-order chi connectivity index (χ1) is 10.3. The highest BCUT2D eigenvalue weighted by Crippen LogP contribution is 2.56. The van der Waals surface area contributed by atoms with Gasteiger partial charge in [-0.15, -0.1) is 0 Å². The van der Waals surface area contributed by atoms with Crippen LogP contribution < -0.4 is 4.74 Å². The Hall–Kier alpha value is -1.48. The second-order valence-electron chi connectivity index (χ2n) is 7.19. The van der Waals surface area contributed by atoms with Gasteiger partial charge in [0.25, 0.3) is 0 Å². The number of phenolic OH excluding ortho intramolecular Hbond substituents is 1. The van der Waals surface area contributed by atoms with Crippen molar-refractivity contribution in [2.75, 3.05) is 0 Å². The third kappa shape index (κ3) is 2.32. The number of allylic oxidation sites excluding steroid dienone is 1. The lowest BCUT2D eigenvalue weighted by atomic mass is 9.66. The van der Waals surface area contributed by atoms with E-state index in [9.17, 15) is 10.2 Å². The molecule has 3 rings (SSSR count). The average molecular weight is 302 g/mol. The van der Waals surface area contributed by atoms with E-state index < -0.39 is 5.60 Å². The van der Waals surface area contributed by atoms with E-state index in [4.69, 9.17) is 4.74 Å². The zero-order valence-electron chi connectivity index (χ0n) is 13.7. The number of benzene rings is 1. The zero-order chi connectivity index (χ0) is 16.1. The number of ether oxygens (including phenoxy) is 1. The molecule has 4 atom stereocenters. The molecule has 0 aromatic heterocycles. The van der Waals surface area contributed by atoms with Gasteiger partial charge in [-0.25, -0.2) is 0 Å². The number of aliphatic hydroxyl groups is 1. The van der Waals surface area contributed by atoms with Gasteiger partial charge in [-0.1, -0.05) is 25.5 Å². The molecule has 0 saturated heterocycles. The lowest BCUT2D eigenvalue weighted by Crippen LogP contribution is -2.50. The monoisotopic (exact) mass is 302 g/mol. The highest BCUT2D eigenvalue weighted by Gasteiger charge is 2.53. The van der Waals surface area contributed by atoms with Crippen molar-refractivity contribution in [1.82, 2.24) is 0 Å². The van der Waals surface area contributed by atoms with E-state index in [0.29, 0.717) is 12.2 Å². The van der Waals surface area contributed by atoms with Gasteiger partial charge in [0.15, 0.2) is 0 Å². The quantitative estimate of drug-likeness (QED) is 0.832. The van der Waals surface area contributed by atoms with Crippen LogP contribution in [0.5, 0.6) is 11.5 Å². The molecule has 1 aromatic rings. The summed E-state index contributed by atoms with van der Waals surface area (Å²) in [5.41, 5.74) is 2.17. The molecule has 1 saturated carbocycles. The number of aryl methyl sites for hydroxylation is 1. The summed E-state index contributed by atoms with van der Waals surface area (Å²) >= 11 is 0. The fraction of sp³-hybridized carbons (Fsp3) is 0.579. The fourth-order valence-electron chi connectivity index (χ4n) is 4.14. The van der Waals surface area contributed by atoms with Crippen molar-refractivity contribution in [2.45, 2.75) is 64.1 Å². The van der Waals surface area contributed by atoms with E-state index in [-0.39, 0.29) is 17.9 Å². The Morgan fingerprint density at radius 3 is 2.82 bits per heavy atom. The van der Waals surface area contributed by atoms with Crippen molar-refractivity contribution in [1.29, 1.82) is 0 Å². The Labute approximate surface area is 132 Å². The maximum atomic E-state index is 10.7. The average Bonchev–Trinajstić information content (AvgIpc) is 2.80. The molecule has 3 nitrogen and oxygen atoms in total. The van der Waals surface area contributed by atoms with Crippen molar-refractivity contribution in [3.8, 4) is 11.5 Å². The molecular formula is C19H26O3. The fourth-order valence-corrected chi connectivity index (χ4v) is 4.14. The van der Waals surface area contributed by atoms with Crippen LogP contribution in [0.1, 0.15) is 57.1 Å². The molecular weight excluding hydrogens is 276 g/mol. The standard InChI is InChI=1S/C19H26O3/c1-5-6-12-9-14(20)17-15(10-12)22-18-16(17)13(11(2)3)7-8-19(18,4)21/h9-10,13,16,18,20-21H,2,5-8H2,1,3-4H3/t13?,16?,18?,19-/m0/s1. The summed E-state index contributed by atoms with van der Waals surface area (Å²) < 4.78 is 6.12. The van der Waals surface area contributed by atoms with E-state index in [2.05, 4.69) is 13.5 Å². The van der Waals surface area contributed by atoms with Gasteiger partial charge in [0.1, 0.15) is 17.6 Å². The maximum Gasteiger partial charge on any atom is 0.135 e. The van der Waals surface area contributed by atoms with Crippen molar-refractivity contribution in [3.05, 3.63) is 35.4 Å². The van der Waals surface area contributed by atoms with Crippen molar-refractivity contribution < 1.29 is 14.9 Å². The van der Waals surface area contributed by atoms with Gasteiger partial charge in [-0.2, -0.15) is 0 Å². The second-order valence-corrected chi connectivity index (χ2v) is 7.19. The Bertz CT molecular complexity index is 603. The van der Waals surface area contributed by atoms with Gasteiger partial charge in [0.2, 0.25) is 0 Å². The van der Waals surface area contributed by atoms with E-state index >= 15 is 0 Å². The second kappa shape index (κ2) is 5.31. The highest BCUT2D eigenvalue weighted by molar-refractivity contribution is 5.54. The summed E-state index contributed by atoms with van der Waals surface area (Å²) in [5, 5.41) is 21.3. The molecule has 1 aliphatic heterocycles. The number of rotatable bonds is 3. The molecule has 3 unspecified atom stereocenters. The molecule has 3 heteroatoms. The minimum Gasteiger partial charge on any atom is -0.508 e. The third-order valence-electron chi connectivity index (χ3n) is 5.27. The molecule has 2 aliphatic rings. The van der Waals surface area contributed by atoms with Crippen LogP contribution in [0.4, 0.5) is 0 Å². The first-order valence-electron chi connectivity index (χ1n) is 8.25. The molecule has 0 amide bonds. The molecule has 1 aliphatic carbocycles. The topological polar surface area (TPSA) is 49.7 Å². The smallest absolute Gasteiger partial charge is 0.135 e. The summed E-state index contributed by atoms with van der Waals surface area (Å²) in [4.78, 5) is 0. The van der Waals surface area contributed by atoms with E-state index in [1.165, 1.54) is 0 Å². The number of phenols is 1. The van der Waals surface area contributed by atoms with Crippen molar-refractivity contribution in [3.63, 3.8) is 0 Å². The van der Waals surface area contributed by atoms with Gasteiger partial charge < -0.3 is 14.9 Å². The maximum absolute atomic E-state index is 10.7. The molecule has 120 valence electrons. The van der Waals surface area contributed by atoms with E-state index in [0.717, 1.165) is 41.7 Å². The molecule has 1 aromatic carbocycles. The molecule has 0 bridgehead atoms. The molecule has 0 radical (unpaired) electrons. The van der Waals surface area contributed by atoms with E-state index in [1.54, 1.807) is 0 Å². The molecule has 2 N–H and O–H groups in total. The molecule has 1 heterocycles. The largest absolute Gasteiger partial charge is 0.508 e. The predicted octanol–water partition coefficient (Wildman–Crippen LogP) is 3.93. The Morgan fingerprint density at radius 1 is 1.45 bits per heavy atom. The minimum atomic E-state index is -0.868. The van der Waals surface area contributed by atoms with E-state index in [1.807, 2.05) is 26.0 Å². The number of fused-ring (bicyclic) bond motifs is 3. The van der Waals surface area contributed by atoms with Gasteiger partial charge in [0, 0.05) is 11.5 Å². The number of hydrogen-bond donors (Lipinski definition) is 2. The van der Waals surface area contributed by atoms with Crippen molar-refractivity contribution in [2.24, 2.45) is 5.92 Å². The summed E-state index contributed by atoms with van der Waals surface area (Å²) in [6.07, 6.45) is 3.21. The van der Waals surface area contributed by atoms with Crippen LogP contribution >= 0.6 is 0 Å². The summed E-state index contributed by atoms with van der Waals surface area (Å²) in [6.45, 7) is 10.1. The summed E-state index contributed by atoms with van der Waals surface area (Å²) in [6, 6.07) is 3.88. The Kier molecular flexibility index (Phi) is 3.72. The third-order valence-corrected chi connectivity index (χ3v) is 5.27. The van der Waals surface area contributed by atoms with Gasteiger partial charge in [-0.3, -0.25) is 0 Å². The van der Waals surface area contributed by atoms with Crippen LogP contribution in [-0.4, -0.2) is 21.9 Å². The van der Waals surface area contributed by atoms with Gasteiger partial charge in [0.05, 0.1) is 5.60 Å². The molecule has 1 fully saturated rings. The number of aromatic hydroxyl groups is 1. The minimum absolute atomic E-state index is 0.00748. The van der Waals surface area contributed by atoms with Crippen LogP contribution in [0.2, 0.25) is 0 Å². The Morgan fingerprint density at radius 2 is 2.18 bits per heavy atom. The zero-order valence-corrected chi connectivity index (χ0v) is 13.7. The first-order valence-corrected chi connectivity index (χ1v) is 8.25. The first kappa shape index (κ1) is 15.4. The molecule has 0 spiro atoms. The van der Waals surface area contributed by atoms with Crippen LogP contribution in [0.3, 0.4) is 0 Å². The van der Waals surface area contributed by atoms with Crippen LogP contribution in [-0.2, 0) is 6.42 Å². The predicted molar refractivity (Wildman–Crippen MR) is 87.4 cm³/mol. The summed E-state index contributed by atoms with van der Waals surface area (Å²) in [7, 11) is 0. The van der Waals surface area contributed by atoms with Crippen molar-refractivity contribution >= 4 is 0 Å². The van der Waals surface area contributed by atoms with Gasteiger partial charge in [-0.05, 0) is 56.7 Å².